The molecular weight excluding hydrogens is 215 g/mol. The van der Waals surface area contributed by atoms with Crippen molar-refractivity contribution in [1.29, 1.82) is 0 Å². The fraction of sp³-hybridized carbons (Fsp3) is 0.571. The van der Waals surface area contributed by atoms with Crippen LogP contribution in [0.5, 0.6) is 0 Å². The lowest BCUT2D eigenvalue weighted by atomic mass is 10.0. The summed E-state index contributed by atoms with van der Waals surface area (Å²) >= 11 is 0. The first-order valence-corrected chi connectivity index (χ1v) is 6.34. The number of benzene rings is 1. The maximum atomic E-state index is 13.0. The van der Waals surface area contributed by atoms with Crippen LogP contribution in [0.3, 0.4) is 0 Å². The summed E-state index contributed by atoms with van der Waals surface area (Å²) < 4.78 is 13.0. The molecule has 94 valence electrons. The molecule has 1 saturated heterocycles. The normalized spacial score (nSPS) is 26.2. The molecule has 0 bridgehead atoms. The molecule has 1 aromatic carbocycles. The lowest BCUT2D eigenvalue weighted by Gasteiger charge is -2.46. The predicted molar refractivity (Wildman–Crippen MR) is 69.9 cm³/mol. The van der Waals surface area contributed by atoms with Crippen molar-refractivity contribution in [2.45, 2.75) is 32.4 Å². The summed E-state index contributed by atoms with van der Waals surface area (Å²) in [6.45, 7) is 6.60. The molecule has 2 unspecified atom stereocenters. The molecule has 0 aliphatic carbocycles. The van der Waals surface area contributed by atoms with Crippen molar-refractivity contribution < 1.29 is 4.39 Å². The van der Waals surface area contributed by atoms with Gasteiger partial charge in [0.25, 0.3) is 0 Å². The minimum absolute atomic E-state index is 0.163. The van der Waals surface area contributed by atoms with Gasteiger partial charge < -0.3 is 9.80 Å². The molecule has 3 heteroatoms. The van der Waals surface area contributed by atoms with E-state index in [0.29, 0.717) is 12.1 Å². The monoisotopic (exact) mass is 236 g/mol. The van der Waals surface area contributed by atoms with E-state index in [2.05, 4.69) is 30.7 Å². The van der Waals surface area contributed by atoms with Crippen molar-refractivity contribution in [3.8, 4) is 0 Å². The average Bonchev–Trinajstić information content (AvgIpc) is 2.30. The average molecular weight is 236 g/mol. The Balaban J connectivity index is 2.24. The molecule has 1 aliphatic rings. The highest BCUT2D eigenvalue weighted by Gasteiger charge is 2.29. The van der Waals surface area contributed by atoms with Gasteiger partial charge in [-0.2, -0.15) is 0 Å². The molecule has 0 amide bonds. The Bertz CT molecular complexity index is 363. The Morgan fingerprint density at radius 1 is 1.24 bits per heavy atom. The second kappa shape index (κ2) is 5.05. The number of anilines is 1. The topological polar surface area (TPSA) is 6.48 Å². The zero-order valence-electron chi connectivity index (χ0n) is 10.9. The van der Waals surface area contributed by atoms with Gasteiger partial charge in [0.2, 0.25) is 0 Å². The Hall–Kier alpha value is -1.09. The number of halogens is 1. The standard InChI is InChI=1S/C14H21FN2/c1-4-13-10-16(3)9-11(2)17(13)14-7-5-12(15)6-8-14/h5-8,11,13H,4,9-10H2,1-3H3. The molecule has 1 heterocycles. The fourth-order valence-electron chi connectivity index (χ4n) is 2.83. The molecule has 0 saturated carbocycles. The van der Waals surface area contributed by atoms with Crippen molar-refractivity contribution in [2.24, 2.45) is 0 Å². The lowest BCUT2D eigenvalue weighted by molar-refractivity contribution is 0.229. The van der Waals surface area contributed by atoms with Gasteiger partial charge in [0.1, 0.15) is 5.82 Å². The molecule has 2 nitrogen and oxygen atoms in total. The van der Waals surface area contributed by atoms with Crippen LogP contribution in [0.15, 0.2) is 24.3 Å². The van der Waals surface area contributed by atoms with E-state index in [4.69, 9.17) is 0 Å². The van der Waals surface area contributed by atoms with Crippen LogP contribution in [0.2, 0.25) is 0 Å². The van der Waals surface area contributed by atoms with Crippen LogP contribution < -0.4 is 4.90 Å². The summed E-state index contributed by atoms with van der Waals surface area (Å²) in [5, 5.41) is 0. The van der Waals surface area contributed by atoms with E-state index in [0.717, 1.165) is 25.2 Å². The number of hydrogen-bond donors (Lipinski definition) is 0. The van der Waals surface area contributed by atoms with Gasteiger partial charge in [0.05, 0.1) is 0 Å². The Morgan fingerprint density at radius 3 is 2.47 bits per heavy atom. The van der Waals surface area contributed by atoms with Crippen molar-refractivity contribution >= 4 is 5.69 Å². The summed E-state index contributed by atoms with van der Waals surface area (Å²) in [4.78, 5) is 4.80. The van der Waals surface area contributed by atoms with E-state index in [1.165, 1.54) is 0 Å². The first-order chi connectivity index (χ1) is 8.11. The Labute approximate surface area is 103 Å². The third-order valence-corrected chi connectivity index (χ3v) is 3.56. The molecule has 1 fully saturated rings. The van der Waals surface area contributed by atoms with Crippen LogP contribution in [-0.2, 0) is 0 Å². The van der Waals surface area contributed by atoms with Gasteiger partial charge in [-0.3, -0.25) is 0 Å². The Kier molecular flexibility index (Phi) is 3.67. The quantitative estimate of drug-likeness (QED) is 0.779. The van der Waals surface area contributed by atoms with Crippen molar-refractivity contribution in [3.05, 3.63) is 30.1 Å². The Morgan fingerprint density at radius 2 is 1.88 bits per heavy atom. The van der Waals surface area contributed by atoms with Gasteiger partial charge >= 0.3 is 0 Å². The molecule has 1 aromatic rings. The molecular formula is C14H21FN2. The van der Waals surface area contributed by atoms with Crippen LogP contribution in [0.4, 0.5) is 10.1 Å². The van der Waals surface area contributed by atoms with Crippen LogP contribution in [0.1, 0.15) is 20.3 Å². The molecule has 2 rings (SSSR count). The van der Waals surface area contributed by atoms with E-state index >= 15 is 0 Å². The molecule has 0 radical (unpaired) electrons. The highest BCUT2D eigenvalue weighted by Crippen LogP contribution is 2.25. The van der Waals surface area contributed by atoms with Gasteiger partial charge in [0, 0.05) is 30.9 Å². The third-order valence-electron chi connectivity index (χ3n) is 3.56. The summed E-state index contributed by atoms with van der Waals surface area (Å²) in [6.07, 6.45) is 1.12. The molecule has 2 atom stereocenters. The van der Waals surface area contributed by atoms with Crippen LogP contribution in [-0.4, -0.2) is 37.1 Å². The second-order valence-electron chi connectivity index (χ2n) is 5.02. The maximum absolute atomic E-state index is 13.0. The summed E-state index contributed by atoms with van der Waals surface area (Å²) in [5.74, 6) is -0.163. The molecule has 0 spiro atoms. The van der Waals surface area contributed by atoms with Gasteiger partial charge in [-0.25, -0.2) is 4.39 Å². The van der Waals surface area contributed by atoms with Crippen molar-refractivity contribution in [1.82, 2.24) is 4.90 Å². The SMILES string of the molecule is CCC1CN(C)CC(C)N1c1ccc(F)cc1. The number of rotatable bonds is 2. The van der Waals surface area contributed by atoms with Gasteiger partial charge in [-0.05, 0) is 44.7 Å². The predicted octanol–water partition coefficient (Wildman–Crippen LogP) is 2.74. The first kappa shape index (κ1) is 12.4. The minimum atomic E-state index is -0.163. The van der Waals surface area contributed by atoms with Crippen LogP contribution in [0.25, 0.3) is 0 Å². The lowest BCUT2D eigenvalue weighted by Crippen LogP contribution is -2.56. The van der Waals surface area contributed by atoms with E-state index in [9.17, 15) is 4.39 Å². The van der Waals surface area contributed by atoms with Gasteiger partial charge in [-0.1, -0.05) is 6.92 Å². The largest absolute Gasteiger partial charge is 0.363 e. The zero-order chi connectivity index (χ0) is 12.4. The van der Waals surface area contributed by atoms with Crippen molar-refractivity contribution in [2.75, 3.05) is 25.0 Å². The second-order valence-corrected chi connectivity index (χ2v) is 5.02. The smallest absolute Gasteiger partial charge is 0.123 e. The summed E-state index contributed by atoms with van der Waals surface area (Å²) in [7, 11) is 2.17. The van der Waals surface area contributed by atoms with E-state index in [1.54, 1.807) is 12.1 Å². The zero-order valence-corrected chi connectivity index (χ0v) is 10.9. The molecule has 0 aromatic heterocycles. The highest BCUT2D eigenvalue weighted by molar-refractivity contribution is 5.49. The van der Waals surface area contributed by atoms with Gasteiger partial charge in [0.15, 0.2) is 0 Å². The molecule has 17 heavy (non-hydrogen) atoms. The van der Waals surface area contributed by atoms with Crippen LogP contribution >= 0.6 is 0 Å². The highest BCUT2D eigenvalue weighted by atomic mass is 19.1. The van der Waals surface area contributed by atoms with E-state index < -0.39 is 0 Å². The van der Waals surface area contributed by atoms with Gasteiger partial charge in [-0.15, -0.1) is 0 Å². The fourth-order valence-corrected chi connectivity index (χ4v) is 2.83. The summed E-state index contributed by atoms with van der Waals surface area (Å²) in [6, 6.07) is 7.87. The van der Waals surface area contributed by atoms with E-state index in [-0.39, 0.29) is 5.82 Å². The van der Waals surface area contributed by atoms with E-state index in [1.807, 2.05) is 12.1 Å². The maximum Gasteiger partial charge on any atom is 0.123 e. The van der Waals surface area contributed by atoms with Crippen molar-refractivity contribution in [3.63, 3.8) is 0 Å². The third kappa shape index (κ3) is 2.60. The van der Waals surface area contributed by atoms with Crippen LogP contribution in [0, 0.1) is 5.82 Å². The first-order valence-electron chi connectivity index (χ1n) is 6.34. The number of nitrogens with zero attached hydrogens (tertiary/aromatic N) is 2. The number of likely N-dealkylation sites (N-methyl/N-ethyl adjacent to an activating group) is 1. The summed E-state index contributed by atoms with van der Waals surface area (Å²) in [5.41, 5.74) is 1.14. The molecule has 1 aliphatic heterocycles. The molecule has 0 N–H and O–H groups in total. The number of piperazine rings is 1. The minimum Gasteiger partial charge on any atom is -0.363 e. The number of hydrogen-bond acceptors (Lipinski definition) is 2.